The van der Waals surface area contributed by atoms with E-state index in [9.17, 15) is 18.8 Å². The largest absolute Gasteiger partial charge is 0.481 e. The molecule has 116 valence electrons. The number of pyridine rings is 1. The van der Waals surface area contributed by atoms with E-state index in [1.807, 2.05) is 0 Å². The lowest BCUT2D eigenvalue weighted by atomic mass is 10.1. The summed E-state index contributed by atoms with van der Waals surface area (Å²) in [5.74, 6) is -3.77. The number of aromatic nitrogens is 1. The summed E-state index contributed by atoms with van der Waals surface area (Å²) in [6.07, 6.45) is -0.892. The molecule has 0 amide bonds. The zero-order valence-electron chi connectivity index (χ0n) is 11.5. The van der Waals surface area contributed by atoms with Crippen LogP contribution in [0.1, 0.15) is 23.7 Å². The molecule has 0 aliphatic rings. The van der Waals surface area contributed by atoms with Crippen LogP contribution >= 0.6 is 0 Å². The average molecular weight is 300 g/mol. The Morgan fingerprint density at radius 3 is 2.52 bits per heavy atom. The van der Waals surface area contributed by atoms with E-state index in [2.05, 4.69) is 15.6 Å². The standard InChI is InChI=1S/C12H17FN4O4/c1-2-15-11-8(6(18)5-7(19)20)10(21)9(13)12(17-11)16-4-3-14/h2-5,14H2,1H3,(H,19,20)(H3,15,16,17,21). The lowest BCUT2D eigenvalue weighted by molar-refractivity contribution is -0.135. The molecule has 1 rings (SSSR count). The van der Waals surface area contributed by atoms with Crippen LogP contribution in [0.15, 0.2) is 4.79 Å². The molecule has 0 atom stereocenters. The number of aromatic amines is 1. The van der Waals surface area contributed by atoms with E-state index in [4.69, 9.17) is 10.8 Å². The van der Waals surface area contributed by atoms with Gasteiger partial charge in [0.2, 0.25) is 11.2 Å². The van der Waals surface area contributed by atoms with Gasteiger partial charge in [0.15, 0.2) is 5.78 Å². The maximum atomic E-state index is 13.9. The molecular formula is C12H17FN4O4. The average Bonchev–Trinajstić information content (AvgIpc) is 2.40. The summed E-state index contributed by atoms with van der Waals surface area (Å²) in [6, 6.07) is 0. The van der Waals surface area contributed by atoms with Crippen molar-refractivity contribution in [2.75, 3.05) is 30.3 Å². The van der Waals surface area contributed by atoms with E-state index in [0.29, 0.717) is 6.54 Å². The highest BCUT2D eigenvalue weighted by atomic mass is 19.1. The number of hydrogen-bond acceptors (Lipinski definition) is 6. The van der Waals surface area contributed by atoms with Gasteiger partial charge in [-0.2, -0.15) is 4.39 Å². The summed E-state index contributed by atoms with van der Waals surface area (Å²) in [5.41, 5.74) is 3.59. The highest BCUT2D eigenvalue weighted by molar-refractivity contribution is 6.08. The van der Waals surface area contributed by atoms with Crippen LogP contribution in [0.4, 0.5) is 16.0 Å². The number of hydrogen-bond donors (Lipinski definition) is 5. The number of H-pyrrole nitrogens is 1. The number of ketones is 1. The fourth-order valence-electron chi connectivity index (χ4n) is 1.70. The molecule has 0 aromatic carbocycles. The number of carbonyl (C=O) groups excluding carboxylic acids is 1. The second-order valence-corrected chi connectivity index (χ2v) is 4.13. The minimum Gasteiger partial charge on any atom is -0.481 e. The molecule has 21 heavy (non-hydrogen) atoms. The molecule has 0 saturated carbocycles. The Balaban J connectivity index is 3.34. The van der Waals surface area contributed by atoms with Crippen LogP contribution in [0.2, 0.25) is 0 Å². The molecule has 8 nitrogen and oxygen atoms in total. The minimum absolute atomic E-state index is 0.0188. The molecule has 0 radical (unpaired) electrons. The maximum absolute atomic E-state index is 13.9. The van der Waals surface area contributed by atoms with Crippen molar-refractivity contribution in [3.63, 3.8) is 0 Å². The number of nitrogens with one attached hydrogen (secondary N) is 3. The molecule has 0 spiro atoms. The summed E-state index contributed by atoms with van der Waals surface area (Å²) in [5, 5.41) is 13.9. The molecule has 1 aromatic rings. The number of nitrogens with two attached hydrogens (primary N) is 1. The number of carboxylic acids is 1. The number of halogens is 1. The van der Waals surface area contributed by atoms with Crippen molar-refractivity contribution in [1.29, 1.82) is 0 Å². The third-order valence-electron chi connectivity index (χ3n) is 2.54. The van der Waals surface area contributed by atoms with E-state index in [1.54, 1.807) is 6.92 Å². The minimum atomic E-state index is -1.40. The van der Waals surface area contributed by atoms with Crippen LogP contribution in [-0.2, 0) is 4.79 Å². The zero-order chi connectivity index (χ0) is 16.0. The Morgan fingerprint density at radius 2 is 2.00 bits per heavy atom. The van der Waals surface area contributed by atoms with Crippen LogP contribution in [0.5, 0.6) is 0 Å². The Bertz CT molecular complexity index is 600. The highest BCUT2D eigenvalue weighted by Crippen LogP contribution is 2.17. The van der Waals surface area contributed by atoms with Gasteiger partial charge in [0, 0.05) is 19.6 Å². The summed E-state index contributed by atoms with van der Waals surface area (Å²) < 4.78 is 13.9. The normalized spacial score (nSPS) is 10.2. The molecule has 0 unspecified atom stereocenters. The first-order valence-corrected chi connectivity index (χ1v) is 6.30. The van der Waals surface area contributed by atoms with Crippen molar-refractivity contribution in [2.24, 2.45) is 5.73 Å². The number of carboxylic acid groups (broad SMARTS) is 1. The lowest BCUT2D eigenvalue weighted by Crippen LogP contribution is -2.26. The van der Waals surface area contributed by atoms with Crippen molar-refractivity contribution < 1.29 is 19.1 Å². The molecule has 0 saturated heterocycles. The summed E-state index contributed by atoms with van der Waals surface area (Å²) in [7, 11) is 0. The van der Waals surface area contributed by atoms with Crippen LogP contribution in [0.3, 0.4) is 0 Å². The van der Waals surface area contributed by atoms with Gasteiger partial charge in [0.25, 0.3) is 0 Å². The molecule has 0 aliphatic carbocycles. The quantitative estimate of drug-likeness (QED) is 0.336. The number of anilines is 2. The van der Waals surface area contributed by atoms with Crippen LogP contribution in [0.25, 0.3) is 0 Å². The first kappa shape index (κ1) is 16.6. The van der Waals surface area contributed by atoms with Gasteiger partial charge in [0.05, 0.1) is 0 Å². The summed E-state index contributed by atoms with van der Waals surface area (Å²) in [6.45, 7) is 2.50. The van der Waals surface area contributed by atoms with Gasteiger partial charge in [-0.15, -0.1) is 0 Å². The zero-order valence-corrected chi connectivity index (χ0v) is 11.5. The van der Waals surface area contributed by atoms with Crippen molar-refractivity contribution in [2.45, 2.75) is 13.3 Å². The molecule has 1 aromatic heterocycles. The van der Waals surface area contributed by atoms with Gasteiger partial charge in [0.1, 0.15) is 23.6 Å². The first-order chi connectivity index (χ1) is 9.92. The van der Waals surface area contributed by atoms with E-state index < -0.39 is 35.0 Å². The Kier molecular flexibility index (Phi) is 5.85. The second-order valence-electron chi connectivity index (χ2n) is 4.13. The van der Waals surface area contributed by atoms with Crippen molar-refractivity contribution >= 4 is 23.4 Å². The summed E-state index contributed by atoms with van der Waals surface area (Å²) >= 11 is 0. The topological polar surface area (TPSA) is 137 Å². The Hall–Kier alpha value is -2.42. The predicted octanol–water partition coefficient (Wildman–Crippen LogP) is -0.0262. The Labute approximate surface area is 119 Å². The van der Waals surface area contributed by atoms with Gasteiger partial charge in [-0.3, -0.25) is 14.4 Å². The second kappa shape index (κ2) is 7.39. The smallest absolute Gasteiger partial charge is 0.311 e. The maximum Gasteiger partial charge on any atom is 0.311 e. The Morgan fingerprint density at radius 1 is 1.33 bits per heavy atom. The molecule has 0 aliphatic heterocycles. The SMILES string of the molecule is CCNc1[nH]c(NCCN)c(F)c(=O)c1C(=O)CC(=O)O. The number of Topliss-reactive ketones (excluding diaryl/α,β-unsaturated/α-hetero) is 1. The van der Waals surface area contributed by atoms with Gasteiger partial charge in [-0.1, -0.05) is 0 Å². The fourth-order valence-corrected chi connectivity index (χ4v) is 1.70. The van der Waals surface area contributed by atoms with Crippen LogP contribution in [0, 0.1) is 5.82 Å². The number of rotatable bonds is 8. The van der Waals surface area contributed by atoms with E-state index in [-0.39, 0.29) is 24.7 Å². The van der Waals surface area contributed by atoms with Crippen molar-refractivity contribution in [3.8, 4) is 0 Å². The van der Waals surface area contributed by atoms with Crippen molar-refractivity contribution in [3.05, 3.63) is 21.6 Å². The molecule has 1 heterocycles. The van der Waals surface area contributed by atoms with Gasteiger partial charge < -0.3 is 26.5 Å². The highest BCUT2D eigenvalue weighted by Gasteiger charge is 2.23. The predicted molar refractivity (Wildman–Crippen MR) is 75.3 cm³/mol. The summed E-state index contributed by atoms with van der Waals surface area (Å²) in [4.78, 5) is 36.9. The number of carbonyl (C=O) groups is 2. The van der Waals surface area contributed by atoms with E-state index in [0.717, 1.165) is 0 Å². The first-order valence-electron chi connectivity index (χ1n) is 6.30. The van der Waals surface area contributed by atoms with Crippen LogP contribution in [-0.4, -0.2) is 41.5 Å². The fraction of sp³-hybridized carbons (Fsp3) is 0.417. The third-order valence-corrected chi connectivity index (χ3v) is 2.54. The van der Waals surface area contributed by atoms with Crippen LogP contribution < -0.4 is 21.8 Å². The third kappa shape index (κ3) is 4.02. The van der Waals surface area contributed by atoms with E-state index in [1.165, 1.54) is 0 Å². The number of aliphatic carboxylic acids is 1. The molecule has 0 bridgehead atoms. The van der Waals surface area contributed by atoms with Gasteiger partial charge >= 0.3 is 5.97 Å². The monoisotopic (exact) mass is 300 g/mol. The van der Waals surface area contributed by atoms with Crippen molar-refractivity contribution in [1.82, 2.24) is 4.98 Å². The van der Waals surface area contributed by atoms with E-state index >= 15 is 0 Å². The van der Waals surface area contributed by atoms with Gasteiger partial charge in [-0.25, -0.2) is 0 Å². The lowest BCUT2D eigenvalue weighted by Gasteiger charge is -2.13. The van der Waals surface area contributed by atoms with Gasteiger partial charge in [-0.05, 0) is 6.92 Å². The molecule has 9 heteroatoms. The molecule has 0 fully saturated rings. The molecule has 6 N–H and O–H groups in total. The molecular weight excluding hydrogens is 283 g/mol.